The first-order valence-electron chi connectivity index (χ1n) is 10.4. The third-order valence-corrected chi connectivity index (χ3v) is 5.09. The van der Waals surface area contributed by atoms with E-state index in [1.807, 2.05) is 16.7 Å². The number of carbonyl (C=O) groups is 1. The van der Waals surface area contributed by atoms with Crippen LogP contribution in [0.15, 0.2) is 60.8 Å². The minimum Gasteiger partial charge on any atom is -0.493 e. The topological polar surface area (TPSA) is 90.3 Å². The van der Waals surface area contributed by atoms with Crippen molar-refractivity contribution >= 4 is 22.9 Å². The predicted molar refractivity (Wildman–Crippen MR) is 124 cm³/mol. The Bertz CT molecular complexity index is 1260. The Labute approximate surface area is 190 Å². The average Bonchev–Trinajstić information content (AvgIpc) is 3.20. The number of hydrogen-bond donors (Lipinski definition) is 2. The summed E-state index contributed by atoms with van der Waals surface area (Å²) >= 11 is 0. The van der Waals surface area contributed by atoms with Gasteiger partial charge in [-0.25, -0.2) is 19.2 Å². The molecule has 0 atom stereocenters. The van der Waals surface area contributed by atoms with E-state index in [0.29, 0.717) is 42.5 Å². The van der Waals surface area contributed by atoms with Crippen LogP contribution in [0.5, 0.6) is 11.5 Å². The van der Waals surface area contributed by atoms with Crippen molar-refractivity contribution in [2.45, 2.75) is 13.0 Å². The molecule has 2 aromatic heterocycles. The molecule has 33 heavy (non-hydrogen) atoms. The molecule has 0 aliphatic rings. The Morgan fingerprint density at radius 1 is 1.06 bits per heavy atom. The Morgan fingerprint density at radius 2 is 1.85 bits per heavy atom. The number of ether oxygens (including phenoxy) is 2. The Morgan fingerprint density at radius 3 is 2.61 bits per heavy atom. The van der Waals surface area contributed by atoms with E-state index < -0.39 is 0 Å². The van der Waals surface area contributed by atoms with E-state index in [2.05, 4.69) is 20.6 Å². The van der Waals surface area contributed by atoms with E-state index in [1.54, 1.807) is 43.6 Å². The van der Waals surface area contributed by atoms with Crippen LogP contribution in [-0.2, 0) is 6.54 Å². The molecular formula is C24H24FN5O3. The van der Waals surface area contributed by atoms with Gasteiger partial charge in [0.1, 0.15) is 17.2 Å². The van der Waals surface area contributed by atoms with Gasteiger partial charge in [-0.05, 0) is 55.0 Å². The van der Waals surface area contributed by atoms with Crippen molar-refractivity contribution in [2.24, 2.45) is 0 Å². The predicted octanol–water partition coefficient (Wildman–Crippen LogP) is 4.47. The first-order valence-corrected chi connectivity index (χ1v) is 10.4. The molecule has 2 amide bonds. The zero-order valence-corrected chi connectivity index (χ0v) is 18.3. The van der Waals surface area contributed by atoms with Crippen molar-refractivity contribution in [3.05, 3.63) is 66.6 Å². The van der Waals surface area contributed by atoms with Gasteiger partial charge < -0.3 is 24.7 Å². The number of benzene rings is 2. The molecular weight excluding hydrogens is 425 g/mol. The Balaban J connectivity index is 1.40. The highest BCUT2D eigenvalue weighted by Gasteiger charge is 2.14. The largest absolute Gasteiger partial charge is 0.493 e. The number of urea groups is 1. The SMILES string of the molecule is COc1ccc(NC(=O)NCCCn2c(-c3ccc(F)cc3)nc3cccnc32)cc1OC. The van der Waals surface area contributed by atoms with Crippen molar-refractivity contribution in [2.75, 3.05) is 26.1 Å². The number of anilines is 1. The van der Waals surface area contributed by atoms with Gasteiger partial charge in [-0.1, -0.05) is 0 Å². The van der Waals surface area contributed by atoms with Crippen molar-refractivity contribution in [1.29, 1.82) is 0 Å². The number of imidazole rings is 1. The van der Waals surface area contributed by atoms with Crippen molar-refractivity contribution in [3.8, 4) is 22.9 Å². The van der Waals surface area contributed by atoms with Crippen LogP contribution >= 0.6 is 0 Å². The summed E-state index contributed by atoms with van der Waals surface area (Å²) in [6.07, 6.45) is 2.36. The number of aryl methyl sites for hydroxylation is 1. The summed E-state index contributed by atoms with van der Waals surface area (Å²) in [6.45, 7) is 1.02. The van der Waals surface area contributed by atoms with Crippen molar-refractivity contribution < 1.29 is 18.7 Å². The lowest BCUT2D eigenvalue weighted by Crippen LogP contribution is -2.30. The van der Waals surface area contributed by atoms with Crippen LogP contribution in [0.25, 0.3) is 22.6 Å². The van der Waals surface area contributed by atoms with E-state index >= 15 is 0 Å². The van der Waals surface area contributed by atoms with Crippen molar-refractivity contribution in [1.82, 2.24) is 19.9 Å². The first-order chi connectivity index (χ1) is 16.1. The van der Waals surface area contributed by atoms with Crippen LogP contribution in [-0.4, -0.2) is 41.3 Å². The molecule has 4 rings (SSSR count). The van der Waals surface area contributed by atoms with Gasteiger partial charge in [0, 0.05) is 36.6 Å². The number of halogens is 1. The normalized spacial score (nSPS) is 10.8. The summed E-state index contributed by atoms with van der Waals surface area (Å²) in [5.41, 5.74) is 2.89. The standard InChI is InChI=1S/C24H24FN5O3/c1-32-20-11-10-18(15-21(20)33-2)28-24(31)27-13-4-14-30-22(16-6-8-17(25)9-7-16)29-19-5-3-12-26-23(19)30/h3,5-12,15H,4,13-14H2,1-2H3,(H2,27,28,31). The van der Waals surface area contributed by atoms with Gasteiger partial charge in [-0.3, -0.25) is 0 Å². The van der Waals surface area contributed by atoms with Gasteiger partial charge in [0.05, 0.1) is 14.2 Å². The summed E-state index contributed by atoms with van der Waals surface area (Å²) < 4.78 is 25.8. The molecule has 0 fully saturated rings. The number of amides is 2. The van der Waals surface area contributed by atoms with E-state index in [1.165, 1.54) is 19.2 Å². The molecule has 0 aliphatic heterocycles. The first kappa shape index (κ1) is 22.1. The lowest BCUT2D eigenvalue weighted by molar-refractivity contribution is 0.252. The molecule has 0 bridgehead atoms. The van der Waals surface area contributed by atoms with Crippen LogP contribution in [0, 0.1) is 5.82 Å². The fourth-order valence-corrected chi connectivity index (χ4v) is 3.52. The highest BCUT2D eigenvalue weighted by Crippen LogP contribution is 2.29. The van der Waals surface area contributed by atoms with E-state index in [0.717, 1.165) is 16.7 Å². The second-order valence-electron chi connectivity index (χ2n) is 7.24. The van der Waals surface area contributed by atoms with Gasteiger partial charge in [0.15, 0.2) is 17.1 Å². The van der Waals surface area contributed by atoms with Crippen molar-refractivity contribution in [3.63, 3.8) is 0 Å². The molecule has 0 spiro atoms. The van der Waals surface area contributed by atoms with Crippen LogP contribution in [0.2, 0.25) is 0 Å². The molecule has 4 aromatic rings. The average molecular weight is 449 g/mol. The van der Waals surface area contributed by atoms with Crippen LogP contribution in [0.1, 0.15) is 6.42 Å². The maximum atomic E-state index is 13.4. The number of methoxy groups -OCH3 is 2. The van der Waals surface area contributed by atoms with E-state index in [9.17, 15) is 9.18 Å². The smallest absolute Gasteiger partial charge is 0.319 e. The van der Waals surface area contributed by atoms with Gasteiger partial charge in [0.25, 0.3) is 0 Å². The van der Waals surface area contributed by atoms with Crippen LogP contribution < -0.4 is 20.1 Å². The van der Waals surface area contributed by atoms with E-state index in [4.69, 9.17) is 9.47 Å². The fourth-order valence-electron chi connectivity index (χ4n) is 3.52. The summed E-state index contributed by atoms with van der Waals surface area (Å²) in [7, 11) is 3.09. The number of carbonyl (C=O) groups excluding carboxylic acids is 1. The summed E-state index contributed by atoms with van der Waals surface area (Å²) in [4.78, 5) is 21.4. The quantitative estimate of drug-likeness (QED) is 0.388. The molecule has 2 N–H and O–H groups in total. The van der Waals surface area contributed by atoms with E-state index in [-0.39, 0.29) is 11.8 Å². The molecule has 170 valence electrons. The molecule has 0 saturated carbocycles. The Hall–Kier alpha value is -4.14. The molecule has 9 heteroatoms. The lowest BCUT2D eigenvalue weighted by atomic mass is 10.2. The number of aromatic nitrogens is 3. The maximum Gasteiger partial charge on any atom is 0.319 e. The lowest BCUT2D eigenvalue weighted by Gasteiger charge is -2.12. The third-order valence-electron chi connectivity index (χ3n) is 5.09. The fraction of sp³-hybridized carbons (Fsp3) is 0.208. The molecule has 0 saturated heterocycles. The summed E-state index contributed by atoms with van der Waals surface area (Å²) in [5.74, 6) is 1.52. The second kappa shape index (κ2) is 9.99. The zero-order chi connectivity index (χ0) is 23.2. The minimum atomic E-state index is -0.324. The molecule has 2 aromatic carbocycles. The van der Waals surface area contributed by atoms with Gasteiger partial charge in [0.2, 0.25) is 0 Å². The maximum absolute atomic E-state index is 13.4. The highest BCUT2D eigenvalue weighted by atomic mass is 19.1. The zero-order valence-electron chi connectivity index (χ0n) is 18.3. The molecule has 0 radical (unpaired) electrons. The van der Waals surface area contributed by atoms with Gasteiger partial charge in [-0.2, -0.15) is 0 Å². The van der Waals surface area contributed by atoms with Gasteiger partial charge in [-0.15, -0.1) is 0 Å². The Kier molecular flexibility index (Phi) is 6.68. The summed E-state index contributed by atoms with van der Waals surface area (Å²) in [6, 6.07) is 14.8. The number of nitrogens with zero attached hydrogens (tertiary/aromatic N) is 3. The molecule has 0 unspecified atom stereocenters. The highest BCUT2D eigenvalue weighted by molar-refractivity contribution is 5.89. The third kappa shape index (κ3) is 5.03. The number of pyridine rings is 1. The van der Waals surface area contributed by atoms with Crippen LogP contribution in [0.4, 0.5) is 14.9 Å². The number of rotatable bonds is 8. The number of nitrogens with one attached hydrogen (secondary N) is 2. The minimum absolute atomic E-state index is 0.302. The number of hydrogen-bond acceptors (Lipinski definition) is 5. The van der Waals surface area contributed by atoms with Gasteiger partial charge >= 0.3 is 6.03 Å². The number of fused-ring (bicyclic) bond motifs is 1. The molecule has 2 heterocycles. The molecule has 8 nitrogen and oxygen atoms in total. The monoisotopic (exact) mass is 449 g/mol. The van der Waals surface area contributed by atoms with Crippen LogP contribution in [0.3, 0.4) is 0 Å². The molecule has 0 aliphatic carbocycles. The second-order valence-corrected chi connectivity index (χ2v) is 7.24. The summed E-state index contributed by atoms with van der Waals surface area (Å²) in [5, 5.41) is 5.63.